The third-order valence-electron chi connectivity index (χ3n) is 3.93. The Balaban J connectivity index is 1.84. The zero-order valence-corrected chi connectivity index (χ0v) is 11.6. The number of aliphatic hydroxyl groups excluding tert-OH is 1. The Morgan fingerprint density at radius 2 is 1.78 bits per heavy atom. The zero-order valence-electron chi connectivity index (χ0n) is 10.8. The molecule has 0 fully saturated rings. The summed E-state index contributed by atoms with van der Waals surface area (Å²) in [6, 6.07) is 10.7. The summed E-state index contributed by atoms with van der Waals surface area (Å²) in [5, 5.41) is 10.6. The number of fused-ring (bicyclic) bond motifs is 1. The van der Waals surface area contributed by atoms with Crippen LogP contribution in [0.3, 0.4) is 0 Å². The molecule has 1 aliphatic rings. The highest BCUT2D eigenvalue weighted by Crippen LogP contribution is 2.38. The number of benzene rings is 1. The zero-order chi connectivity index (χ0) is 12.7. The number of aryl methyl sites for hydroxylation is 2. The van der Waals surface area contributed by atoms with Gasteiger partial charge in [-0.15, -0.1) is 11.3 Å². The van der Waals surface area contributed by atoms with Gasteiger partial charge < -0.3 is 5.11 Å². The number of aliphatic hydroxyl groups is 1. The molecule has 1 aliphatic carbocycles. The van der Waals surface area contributed by atoms with Gasteiger partial charge in [0.2, 0.25) is 0 Å². The normalized spacial score (nSPS) is 16.8. The van der Waals surface area contributed by atoms with Crippen LogP contribution in [0.2, 0.25) is 0 Å². The largest absolute Gasteiger partial charge is 0.388 e. The standard InChI is InChI=1S/C16H18OS/c1-10-7-15(11(2)18-10)16(17)14-8-12-5-3-4-6-13(12)9-14/h3-7,14,16-17H,8-9H2,1-2H3. The molecule has 0 radical (unpaired) electrons. The van der Waals surface area contributed by atoms with Crippen LogP contribution in [0.5, 0.6) is 0 Å². The van der Waals surface area contributed by atoms with E-state index in [4.69, 9.17) is 0 Å². The van der Waals surface area contributed by atoms with Crippen molar-refractivity contribution in [1.82, 2.24) is 0 Å². The molecule has 1 heterocycles. The van der Waals surface area contributed by atoms with E-state index >= 15 is 0 Å². The summed E-state index contributed by atoms with van der Waals surface area (Å²) in [7, 11) is 0. The summed E-state index contributed by atoms with van der Waals surface area (Å²) in [6.45, 7) is 4.22. The van der Waals surface area contributed by atoms with Crippen LogP contribution in [0, 0.1) is 19.8 Å². The van der Waals surface area contributed by atoms with Crippen molar-refractivity contribution in [3.8, 4) is 0 Å². The lowest BCUT2D eigenvalue weighted by Crippen LogP contribution is -2.12. The highest BCUT2D eigenvalue weighted by atomic mass is 32.1. The van der Waals surface area contributed by atoms with Crippen LogP contribution < -0.4 is 0 Å². The molecule has 1 nitrogen and oxygen atoms in total. The van der Waals surface area contributed by atoms with E-state index in [-0.39, 0.29) is 6.10 Å². The Morgan fingerprint density at radius 1 is 1.17 bits per heavy atom. The monoisotopic (exact) mass is 258 g/mol. The quantitative estimate of drug-likeness (QED) is 0.868. The SMILES string of the molecule is Cc1cc(C(O)C2Cc3ccccc3C2)c(C)s1. The van der Waals surface area contributed by atoms with Gasteiger partial charge in [0.1, 0.15) is 0 Å². The minimum absolute atomic E-state index is 0.317. The molecule has 0 saturated heterocycles. The van der Waals surface area contributed by atoms with E-state index in [0.29, 0.717) is 5.92 Å². The minimum Gasteiger partial charge on any atom is -0.388 e. The molecule has 1 unspecified atom stereocenters. The lowest BCUT2D eigenvalue weighted by Gasteiger charge is -2.17. The fourth-order valence-electron chi connectivity index (χ4n) is 3.01. The minimum atomic E-state index is -0.317. The smallest absolute Gasteiger partial charge is 0.0835 e. The highest BCUT2D eigenvalue weighted by Gasteiger charge is 2.29. The van der Waals surface area contributed by atoms with E-state index in [1.807, 2.05) is 0 Å². The maximum Gasteiger partial charge on any atom is 0.0835 e. The molecule has 0 spiro atoms. The summed E-state index contributed by atoms with van der Waals surface area (Å²) in [6.07, 6.45) is 1.69. The third-order valence-corrected chi connectivity index (χ3v) is 4.91. The first-order valence-electron chi connectivity index (χ1n) is 6.47. The van der Waals surface area contributed by atoms with Crippen molar-refractivity contribution in [1.29, 1.82) is 0 Å². The first-order valence-corrected chi connectivity index (χ1v) is 7.28. The van der Waals surface area contributed by atoms with Crippen LogP contribution in [0.15, 0.2) is 30.3 Å². The fourth-order valence-corrected chi connectivity index (χ4v) is 3.98. The molecule has 0 amide bonds. The average molecular weight is 258 g/mol. The lowest BCUT2D eigenvalue weighted by atomic mass is 9.93. The summed E-state index contributed by atoms with van der Waals surface area (Å²) in [5.74, 6) is 0.343. The van der Waals surface area contributed by atoms with Crippen LogP contribution in [-0.2, 0) is 12.8 Å². The van der Waals surface area contributed by atoms with Gasteiger partial charge in [0, 0.05) is 9.75 Å². The molecule has 2 heteroatoms. The van der Waals surface area contributed by atoms with Gasteiger partial charge in [0.15, 0.2) is 0 Å². The van der Waals surface area contributed by atoms with Crippen LogP contribution in [0.25, 0.3) is 0 Å². The van der Waals surface area contributed by atoms with E-state index in [2.05, 4.69) is 44.2 Å². The second-order valence-electron chi connectivity index (χ2n) is 5.25. The molecule has 94 valence electrons. The van der Waals surface area contributed by atoms with Crippen molar-refractivity contribution < 1.29 is 5.11 Å². The van der Waals surface area contributed by atoms with Gasteiger partial charge in [-0.05, 0) is 55.4 Å². The number of thiophene rings is 1. The van der Waals surface area contributed by atoms with Gasteiger partial charge in [-0.2, -0.15) is 0 Å². The molecule has 2 aromatic rings. The first kappa shape index (κ1) is 11.9. The molecule has 1 atom stereocenters. The van der Waals surface area contributed by atoms with Crippen LogP contribution in [-0.4, -0.2) is 5.11 Å². The summed E-state index contributed by atoms with van der Waals surface area (Å²) < 4.78 is 0. The lowest BCUT2D eigenvalue weighted by molar-refractivity contribution is 0.113. The summed E-state index contributed by atoms with van der Waals surface area (Å²) in [5.41, 5.74) is 3.95. The van der Waals surface area contributed by atoms with Gasteiger partial charge >= 0.3 is 0 Å². The first-order chi connectivity index (χ1) is 8.65. The van der Waals surface area contributed by atoms with Crippen molar-refractivity contribution in [3.05, 3.63) is 56.8 Å². The Kier molecular flexibility index (Phi) is 3.00. The summed E-state index contributed by atoms with van der Waals surface area (Å²) in [4.78, 5) is 2.55. The molecule has 0 saturated carbocycles. The molecule has 1 N–H and O–H groups in total. The third kappa shape index (κ3) is 2.00. The van der Waals surface area contributed by atoms with Gasteiger partial charge in [0.25, 0.3) is 0 Å². The maximum absolute atomic E-state index is 10.6. The number of hydrogen-bond acceptors (Lipinski definition) is 2. The molecule has 1 aromatic heterocycles. The van der Waals surface area contributed by atoms with Crippen molar-refractivity contribution in [2.45, 2.75) is 32.8 Å². The van der Waals surface area contributed by atoms with Gasteiger partial charge in [-0.25, -0.2) is 0 Å². The van der Waals surface area contributed by atoms with Crippen LogP contribution in [0.1, 0.15) is 32.5 Å². The van der Waals surface area contributed by atoms with Crippen molar-refractivity contribution in [2.24, 2.45) is 5.92 Å². The molecule has 18 heavy (non-hydrogen) atoms. The average Bonchev–Trinajstić information content (AvgIpc) is 2.91. The highest BCUT2D eigenvalue weighted by molar-refractivity contribution is 7.12. The number of hydrogen-bond donors (Lipinski definition) is 1. The summed E-state index contributed by atoms with van der Waals surface area (Å²) >= 11 is 1.78. The topological polar surface area (TPSA) is 20.2 Å². The Morgan fingerprint density at radius 3 is 2.28 bits per heavy atom. The van der Waals surface area contributed by atoms with E-state index in [0.717, 1.165) is 18.4 Å². The van der Waals surface area contributed by atoms with Gasteiger partial charge in [-0.3, -0.25) is 0 Å². The van der Waals surface area contributed by atoms with E-state index < -0.39 is 0 Å². The Labute approximate surface area is 112 Å². The molecular formula is C16H18OS. The molecular weight excluding hydrogens is 240 g/mol. The number of rotatable bonds is 2. The van der Waals surface area contributed by atoms with Crippen molar-refractivity contribution in [3.63, 3.8) is 0 Å². The van der Waals surface area contributed by atoms with Crippen molar-refractivity contribution >= 4 is 11.3 Å². The van der Waals surface area contributed by atoms with Crippen molar-refractivity contribution in [2.75, 3.05) is 0 Å². The Bertz CT molecular complexity index is 545. The van der Waals surface area contributed by atoms with E-state index in [1.165, 1.54) is 20.9 Å². The Hall–Kier alpha value is -1.12. The fraction of sp³-hybridized carbons (Fsp3) is 0.375. The maximum atomic E-state index is 10.6. The molecule has 1 aromatic carbocycles. The molecule has 3 rings (SSSR count). The predicted octanol–water partition coefficient (Wildman–Crippen LogP) is 3.81. The van der Waals surface area contributed by atoms with Crippen LogP contribution >= 0.6 is 11.3 Å². The van der Waals surface area contributed by atoms with E-state index in [9.17, 15) is 5.11 Å². The second-order valence-corrected chi connectivity index (χ2v) is 6.71. The van der Waals surface area contributed by atoms with Gasteiger partial charge in [0.05, 0.1) is 6.10 Å². The van der Waals surface area contributed by atoms with Crippen LogP contribution in [0.4, 0.5) is 0 Å². The van der Waals surface area contributed by atoms with E-state index in [1.54, 1.807) is 11.3 Å². The molecule has 0 aliphatic heterocycles. The predicted molar refractivity (Wildman–Crippen MR) is 76.1 cm³/mol. The second kappa shape index (κ2) is 4.52. The molecule has 0 bridgehead atoms. The van der Waals surface area contributed by atoms with Gasteiger partial charge in [-0.1, -0.05) is 24.3 Å².